The highest BCUT2D eigenvalue weighted by atomic mass is 79.9. The topological polar surface area (TPSA) is 29.4 Å². The zero-order chi connectivity index (χ0) is 13.5. The third-order valence-corrected chi connectivity index (χ3v) is 3.81. The Balaban J connectivity index is 2.75. The van der Waals surface area contributed by atoms with Crippen LogP contribution in [0.3, 0.4) is 0 Å². The number of carbonyl (C=O) groups excluding carboxylic acids is 1. The molecule has 1 aliphatic rings. The van der Waals surface area contributed by atoms with Gasteiger partial charge in [-0.3, -0.25) is 0 Å². The van der Waals surface area contributed by atoms with Gasteiger partial charge in [-0.05, 0) is 35.2 Å². The van der Waals surface area contributed by atoms with Gasteiger partial charge in [-0.25, -0.2) is 22.4 Å². The standard InChI is InChI=1S/C11H6BrF4NO/c12-6-9(15)7(13)5(8(14)10(6)16)11(17-4-18)2-1-3-11/h1-3H2. The molecule has 0 amide bonds. The zero-order valence-electron chi connectivity index (χ0n) is 8.87. The molecule has 96 valence electrons. The summed E-state index contributed by atoms with van der Waals surface area (Å²) in [4.78, 5) is 13.6. The first-order valence-corrected chi connectivity index (χ1v) is 5.85. The molecule has 0 saturated heterocycles. The van der Waals surface area contributed by atoms with Gasteiger partial charge in [0, 0.05) is 0 Å². The van der Waals surface area contributed by atoms with E-state index < -0.39 is 38.8 Å². The van der Waals surface area contributed by atoms with Crippen LogP contribution in [0.25, 0.3) is 0 Å². The summed E-state index contributed by atoms with van der Waals surface area (Å²) in [7, 11) is 0. The van der Waals surface area contributed by atoms with Crippen LogP contribution in [0.1, 0.15) is 24.8 Å². The van der Waals surface area contributed by atoms with Crippen LogP contribution in [0.5, 0.6) is 0 Å². The van der Waals surface area contributed by atoms with Gasteiger partial charge in [0.15, 0.2) is 23.3 Å². The molecule has 1 fully saturated rings. The lowest BCUT2D eigenvalue weighted by molar-refractivity contribution is 0.231. The molecule has 1 saturated carbocycles. The molecule has 0 N–H and O–H groups in total. The quantitative estimate of drug-likeness (QED) is 0.268. The molecule has 0 bridgehead atoms. The molecule has 18 heavy (non-hydrogen) atoms. The van der Waals surface area contributed by atoms with Gasteiger partial charge in [0.2, 0.25) is 6.08 Å². The maximum Gasteiger partial charge on any atom is 0.235 e. The van der Waals surface area contributed by atoms with E-state index in [1.807, 2.05) is 0 Å². The van der Waals surface area contributed by atoms with Crippen LogP contribution in [0.4, 0.5) is 17.6 Å². The Labute approximate surface area is 108 Å². The van der Waals surface area contributed by atoms with E-state index in [2.05, 4.69) is 20.9 Å². The van der Waals surface area contributed by atoms with Crippen molar-refractivity contribution >= 4 is 22.0 Å². The zero-order valence-corrected chi connectivity index (χ0v) is 10.5. The Morgan fingerprint density at radius 1 is 1.06 bits per heavy atom. The molecule has 0 spiro atoms. The minimum absolute atomic E-state index is 0.149. The van der Waals surface area contributed by atoms with Crippen molar-refractivity contribution in [3.8, 4) is 0 Å². The third-order valence-electron chi connectivity index (χ3n) is 3.12. The van der Waals surface area contributed by atoms with Crippen molar-refractivity contribution in [3.63, 3.8) is 0 Å². The average molecular weight is 324 g/mol. The van der Waals surface area contributed by atoms with E-state index in [1.54, 1.807) is 0 Å². The number of nitrogens with zero attached hydrogens (tertiary/aromatic N) is 1. The summed E-state index contributed by atoms with van der Waals surface area (Å²) in [5, 5.41) is 0. The molecule has 0 aliphatic heterocycles. The number of halogens is 5. The molecule has 1 aromatic rings. The average Bonchev–Trinajstić information content (AvgIpc) is 2.31. The molecule has 1 aromatic carbocycles. The second-order valence-corrected chi connectivity index (χ2v) is 4.83. The minimum atomic E-state index is -1.53. The highest BCUT2D eigenvalue weighted by Crippen LogP contribution is 2.48. The number of rotatable bonds is 2. The molecule has 0 radical (unpaired) electrons. The predicted octanol–water partition coefficient (Wildman–Crippen LogP) is 3.72. The third kappa shape index (κ3) is 1.69. The Bertz CT molecular complexity index is 536. The van der Waals surface area contributed by atoms with Gasteiger partial charge in [0.1, 0.15) is 5.54 Å². The van der Waals surface area contributed by atoms with Gasteiger partial charge >= 0.3 is 0 Å². The molecule has 0 unspecified atom stereocenters. The van der Waals surface area contributed by atoms with Crippen molar-refractivity contribution in [2.75, 3.05) is 0 Å². The Hall–Kier alpha value is -1.20. The highest BCUT2D eigenvalue weighted by molar-refractivity contribution is 9.10. The second kappa shape index (κ2) is 4.48. The van der Waals surface area contributed by atoms with Gasteiger partial charge in [0.25, 0.3) is 0 Å². The Morgan fingerprint density at radius 3 is 1.89 bits per heavy atom. The summed E-state index contributed by atoms with van der Waals surface area (Å²) >= 11 is 2.42. The first kappa shape index (κ1) is 13.2. The number of aliphatic imine (C=N–C) groups is 1. The Morgan fingerprint density at radius 2 is 1.56 bits per heavy atom. The maximum atomic E-state index is 13.7. The fraction of sp³-hybridized carbons (Fsp3) is 0.364. The summed E-state index contributed by atoms with van der Waals surface area (Å²) in [5.74, 6) is -6.12. The first-order chi connectivity index (χ1) is 8.44. The Kier molecular flexibility index (Phi) is 3.29. The van der Waals surface area contributed by atoms with E-state index in [0.29, 0.717) is 6.42 Å². The van der Waals surface area contributed by atoms with Crippen molar-refractivity contribution in [3.05, 3.63) is 33.3 Å². The summed E-state index contributed by atoms with van der Waals surface area (Å²) in [6.45, 7) is 0. The molecule has 0 heterocycles. The van der Waals surface area contributed by atoms with E-state index in [4.69, 9.17) is 0 Å². The number of isocyanates is 1. The van der Waals surface area contributed by atoms with E-state index in [9.17, 15) is 22.4 Å². The monoisotopic (exact) mass is 323 g/mol. The number of benzene rings is 1. The highest BCUT2D eigenvalue weighted by Gasteiger charge is 2.45. The van der Waals surface area contributed by atoms with E-state index in [1.165, 1.54) is 6.08 Å². The second-order valence-electron chi connectivity index (χ2n) is 4.03. The lowest BCUT2D eigenvalue weighted by Crippen LogP contribution is -2.35. The van der Waals surface area contributed by atoms with Crippen molar-refractivity contribution in [2.24, 2.45) is 4.99 Å². The van der Waals surface area contributed by atoms with Crippen LogP contribution in [0.2, 0.25) is 0 Å². The summed E-state index contributed by atoms with van der Waals surface area (Å²) in [6, 6.07) is 0. The largest absolute Gasteiger partial charge is 0.235 e. The molecule has 1 aliphatic carbocycles. The van der Waals surface area contributed by atoms with Gasteiger partial charge in [-0.15, -0.1) is 0 Å². The summed E-state index contributed by atoms with van der Waals surface area (Å²) in [5.41, 5.74) is -2.37. The number of hydrogen-bond acceptors (Lipinski definition) is 2. The molecular weight excluding hydrogens is 318 g/mol. The lowest BCUT2D eigenvalue weighted by Gasteiger charge is -2.37. The fourth-order valence-corrected chi connectivity index (χ4v) is 2.38. The SMILES string of the molecule is O=C=NC1(c2c(F)c(F)c(Br)c(F)c2F)CCC1. The van der Waals surface area contributed by atoms with Crippen LogP contribution in [0.15, 0.2) is 9.47 Å². The van der Waals surface area contributed by atoms with Crippen LogP contribution in [0, 0.1) is 23.3 Å². The molecule has 2 nitrogen and oxygen atoms in total. The van der Waals surface area contributed by atoms with Crippen molar-refractivity contribution in [1.82, 2.24) is 0 Å². The summed E-state index contributed by atoms with van der Waals surface area (Å²) < 4.78 is 53.4. The number of hydrogen-bond donors (Lipinski definition) is 0. The predicted molar refractivity (Wildman–Crippen MR) is 57.6 cm³/mol. The summed E-state index contributed by atoms with van der Waals surface area (Å²) in [6.07, 6.45) is 2.06. The van der Waals surface area contributed by atoms with Crippen molar-refractivity contribution < 1.29 is 22.4 Å². The smallest absolute Gasteiger partial charge is 0.211 e. The van der Waals surface area contributed by atoms with Crippen LogP contribution in [-0.4, -0.2) is 6.08 Å². The van der Waals surface area contributed by atoms with Crippen LogP contribution < -0.4 is 0 Å². The molecule has 0 aromatic heterocycles. The maximum absolute atomic E-state index is 13.7. The molecule has 0 atom stereocenters. The minimum Gasteiger partial charge on any atom is -0.211 e. The van der Waals surface area contributed by atoms with E-state index in [0.717, 1.165) is 0 Å². The van der Waals surface area contributed by atoms with Gasteiger partial charge < -0.3 is 0 Å². The normalized spacial score (nSPS) is 16.9. The van der Waals surface area contributed by atoms with Crippen LogP contribution in [-0.2, 0) is 10.3 Å². The van der Waals surface area contributed by atoms with Gasteiger partial charge in [-0.1, -0.05) is 0 Å². The van der Waals surface area contributed by atoms with Crippen molar-refractivity contribution in [1.29, 1.82) is 0 Å². The van der Waals surface area contributed by atoms with Crippen LogP contribution >= 0.6 is 15.9 Å². The van der Waals surface area contributed by atoms with Gasteiger partial charge in [0.05, 0.1) is 10.0 Å². The first-order valence-electron chi connectivity index (χ1n) is 5.05. The molecular formula is C11H6BrF4NO. The molecule has 7 heteroatoms. The lowest BCUT2D eigenvalue weighted by atomic mass is 9.72. The van der Waals surface area contributed by atoms with E-state index >= 15 is 0 Å². The van der Waals surface area contributed by atoms with Crippen molar-refractivity contribution in [2.45, 2.75) is 24.8 Å². The fourth-order valence-electron chi connectivity index (χ4n) is 2.03. The molecule has 2 rings (SSSR count). The van der Waals surface area contributed by atoms with Gasteiger partial charge in [-0.2, -0.15) is 4.99 Å². The van der Waals surface area contributed by atoms with E-state index in [-0.39, 0.29) is 12.8 Å².